The molecule has 0 N–H and O–H groups in total. The van der Waals surface area contributed by atoms with Gasteiger partial charge in [0.2, 0.25) is 0 Å². The maximum absolute atomic E-state index is 5.81. The van der Waals surface area contributed by atoms with Gasteiger partial charge < -0.3 is 9.64 Å². The van der Waals surface area contributed by atoms with Crippen LogP contribution in [0.15, 0.2) is 53.8 Å². The molecule has 0 bridgehead atoms. The highest BCUT2D eigenvalue weighted by Gasteiger charge is 2.18. The van der Waals surface area contributed by atoms with E-state index in [-0.39, 0.29) is 0 Å². The Morgan fingerprint density at radius 3 is 2.71 bits per heavy atom. The second-order valence-electron chi connectivity index (χ2n) is 4.10. The predicted octanol–water partition coefficient (Wildman–Crippen LogP) is 3.72. The van der Waals surface area contributed by atoms with Crippen molar-refractivity contribution in [1.82, 2.24) is 0 Å². The summed E-state index contributed by atoms with van der Waals surface area (Å²) in [5.41, 5.74) is 2.48. The Bertz CT molecular complexity index is 420. The highest BCUT2D eigenvalue weighted by Crippen LogP contribution is 2.24. The van der Waals surface area contributed by atoms with E-state index < -0.39 is 0 Å². The van der Waals surface area contributed by atoms with Crippen molar-refractivity contribution in [2.45, 2.75) is 20.3 Å². The lowest BCUT2D eigenvalue weighted by molar-refractivity contribution is 0.200. The van der Waals surface area contributed by atoms with Crippen LogP contribution in [0.4, 0.5) is 5.69 Å². The zero-order chi connectivity index (χ0) is 12.1. The van der Waals surface area contributed by atoms with Crippen molar-refractivity contribution in [1.29, 1.82) is 0 Å². The molecule has 0 atom stereocenters. The van der Waals surface area contributed by atoms with E-state index >= 15 is 0 Å². The van der Waals surface area contributed by atoms with E-state index in [2.05, 4.69) is 55.2 Å². The third-order valence-electron chi connectivity index (χ3n) is 2.91. The highest BCUT2D eigenvalue weighted by atomic mass is 16.5. The average Bonchev–Trinajstić information content (AvgIpc) is 2.40. The van der Waals surface area contributed by atoms with Gasteiger partial charge in [-0.25, -0.2) is 0 Å². The monoisotopic (exact) mass is 229 g/mol. The molecule has 1 aromatic carbocycles. The third-order valence-corrected chi connectivity index (χ3v) is 2.91. The largest absolute Gasteiger partial charge is 0.473 e. The van der Waals surface area contributed by atoms with E-state index in [1.54, 1.807) is 0 Å². The fourth-order valence-electron chi connectivity index (χ4n) is 1.98. The summed E-state index contributed by atoms with van der Waals surface area (Å²) in [6.07, 6.45) is 5.30. The number of nitrogens with zero attached hydrogens (tertiary/aromatic N) is 1. The van der Waals surface area contributed by atoms with Gasteiger partial charge in [0, 0.05) is 17.8 Å². The van der Waals surface area contributed by atoms with E-state index in [4.69, 9.17) is 4.74 Å². The van der Waals surface area contributed by atoms with Crippen LogP contribution in [0.25, 0.3) is 0 Å². The summed E-state index contributed by atoms with van der Waals surface area (Å²) in [5, 5.41) is 0. The van der Waals surface area contributed by atoms with Gasteiger partial charge >= 0.3 is 0 Å². The smallest absolute Gasteiger partial charge is 0.161 e. The van der Waals surface area contributed by atoms with Crippen molar-refractivity contribution in [3.8, 4) is 0 Å². The van der Waals surface area contributed by atoms with E-state index in [0.29, 0.717) is 6.73 Å². The van der Waals surface area contributed by atoms with Crippen LogP contribution < -0.4 is 4.90 Å². The van der Waals surface area contributed by atoms with Gasteiger partial charge in [-0.15, -0.1) is 0 Å². The lowest BCUT2D eigenvalue weighted by Crippen LogP contribution is -2.33. The van der Waals surface area contributed by atoms with Gasteiger partial charge in [0.05, 0.1) is 0 Å². The predicted molar refractivity (Wildman–Crippen MR) is 71.9 cm³/mol. The van der Waals surface area contributed by atoms with Crippen molar-refractivity contribution >= 4 is 5.69 Å². The summed E-state index contributed by atoms with van der Waals surface area (Å²) < 4.78 is 5.81. The fourth-order valence-corrected chi connectivity index (χ4v) is 1.98. The number of rotatable bonds is 2. The zero-order valence-electron chi connectivity index (χ0n) is 10.5. The molecule has 17 heavy (non-hydrogen) atoms. The standard InChI is InChI=1S/C15H19NO/c1-3-8-15-13(4-2)11-16(12-17-15)14-9-6-5-7-10-14/h4-10H,3,11-12H2,1-2H3/b13-4-,15-8+. The van der Waals surface area contributed by atoms with Crippen LogP contribution in [-0.4, -0.2) is 13.3 Å². The molecule has 1 saturated heterocycles. The van der Waals surface area contributed by atoms with E-state index in [9.17, 15) is 0 Å². The first kappa shape index (κ1) is 11.8. The average molecular weight is 229 g/mol. The molecular formula is C15H19NO. The van der Waals surface area contributed by atoms with Crippen LogP contribution in [0.2, 0.25) is 0 Å². The molecule has 1 fully saturated rings. The van der Waals surface area contributed by atoms with E-state index in [1.165, 1.54) is 11.3 Å². The Morgan fingerprint density at radius 2 is 2.06 bits per heavy atom. The van der Waals surface area contributed by atoms with Crippen molar-refractivity contribution in [3.05, 3.63) is 53.8 Å². The molecule has 2 nitrogen and oxygen atoms in total. The molecule has 0 aromatic heterocycles. The van der Waals surface area contributed by atoms with Gasteiger partial charge in [0.25, 0.3) is 0 Å². The van der Waals surface area contributed by atoms with Gasteiger partial charge in [-0.2, -0.15) is 0 Å². The normalized spacial score (nSPS) is 20.7. The maximum atomic E-state index is 5.81. The third kappa shape index (κ3) is 2.70. The molecule has 0 spiro atoms. The molecule has 90 valence electrons. The van der Waals surface area contributed by atoms with E-state index in [1.807, 2.05) is 6.07 Å². The number of ether oxygens (including phenoxy) is 1. The SMILES string of the molecule is C/C=C1/CN(c2ccccc2)CO/C1=C/CC. The molecule has 0 radical (unpaired) electrons. The van der Waals surface area contributed by atoms with Crippen molar-refractivity contribution < 1.29 is 4.74 Å². The van der Waals surface area contributed by atoms with Gasteiger partial charge in [-0.05, 0) is 31.6 Å². The minimum atomic E-state index is 0.632. The minimum Gasteiger partial charge on any atom is -0.473 e. The lowest BCUT2D eigenvalue weighted by Gasteiger charge is -2.32. The molecular weight excluding hydrogens is 210 g/mol. The molecule has 2 rings (SSSR count). The second-order valence-corrected chi connectivity index (χ2v) is 4.10. The van der Waals surface area contributed by atoms with Gasteiger partial charge in [0.15, 0.2) is 6.73 Å². The summed E-state index contributed by atoms with van der Waals surface area (Å²) in [5.74, 6) is 1.04. The first-order valence-electron chi connectivity index (χ1n) is 6.13. The Kier molecular flexibility index (Phi) is 3.86. The Hall–Kier alpha value is -1.70. The first-order chi connectivity index (χ1) is 8.35. The molecule has 1 aliphatic heterocycles. The van der Waals surface area contributed by atoms with Crippen molar-refractivity contribution in [2.75, 3.05) is 18.2 Å². The summed E-state index contributed by atoms with van der Waals surface area (Å²) in [6.45, 7) is 5.75. The Labute approximate surface area is 103 Å². The maximum Gasteiger partial charge on any atom is 0.161 e. The van der Waals surface area contributed by atoms with Crippen LogP contribution in [0.1, 0.15) is 20.3 Å². The highest BCUT2D eigenvalue weighted by molar-refractivity contribution is 5.49. The van der Waals surface area contributed by atoms with Gasteiger partial charge in [0.1, 0.15) is 5.76 Å². The molecule has 0 amide bonds. The van der Waals surface area contributed by atoms with Crippen LogP contribution in [0.5, 0.6) is 0 Å². The number of benzene rings is 1. The molecule has 1 aliphatic rings. The summed E-state index contributed by atoms with van der Waals surface area (Å²) in [7, 11) is 0. The molecule has 1 heterocycles. The second kappa shape index (κ2) is 5.58. The van der Waals surface area contributed by atoms with Crippen LogP contribution in [0.3, 0.4) is 0 Å². The molecule has 2 heteroatoms. The van der Waals surface area contributed by atoms with E-state index in [0.717, 1.165) is 18.7 Å². The molecule has 0 unspecified atom stereocenters. The van der Waals surface area contributed by atoms with Gasteiger partial charge in [-0.1, -0.05) is 31.2 Å². The Balaban J connectivity index is 2.15. The lowest BCUT2D eigenvalue weighted by atomic mass is 10.1. The fraction of sp³-hybridized carbons (Fsp3) is 0.333. The minimum absolute atomic E-state index is 0.632. The molecule has 0 aliphatic carbocycles. The van der Waals surface area contributed by atoms with Crippen LogP contribution in [-0.2, 0) is 4.74 Å². The topological polar surface area (TPSA) is 12.5 Å². The Morgan fingerprint density at radius 1 is 1.29 bits per heavy atom. The number of hydrogen-bond donors (Lipinski definition) is 0. The number of hydrogen-bond acceptors (Lipinski definition) is 2. The number of anilines is 1. The van der Waals surface area contributed by atoms with Crippen molar-refractivity contribution in [2.24, 2.45) is 0 Å². The van der Waals surface area contributed by atoms with Crippen molar-refractivity contribution in [3.63, 3.8) is 0 Å². The number of allylic oxidation sites excluding steroid dienone is 2. The number of para-hydroxylation sites is 1. The van der Waals surface area contributed by atoms with Crippen LogP contribution >= 0.6 is 0 Å². The summed E-state index contributed by atoms with van der Waals surface area (Å²) >= 11 is 0. The zero-order valence-corrected chi connectivity index (χ0v) is 10.5. The summed E-state index contributed by atoms with van der Waals surface area (Å²) in [6, 6.07) is 10.4. The first-order valence-corrected chi connectivity index (χ1v) is 6.13. The quantitative estimate of drug-likeness (QED) is 0.766. The molecule has 0 saturated carbocycles. The molecule has 1 aromatic rings. The van der Waals surface area contributed by atoms with Crippen LogP contribution in [0, 0.1) is 0 Å². The van der Waals surface area contributed by atoms with Gasteiger partial charge in [-0.3, -0.25) is 0 Å². The summed E-state index contributed by atoms with van der Waals surface area (Å²) in [4.78, 5) is 2.24.